The second kappa shape index (κ2) is 9.80. The summed E-state index contributed by atoms with van der Waals surface area (Å²) in [5, 5.41) is 14.5. The topological polar surface area (TPSA) is 108 Å². The third-order valence-corrected chi connectivity index (χ3v) is 4.14. The van der Waals surface area contributed by atoms with E-state index in [1.807, 2.05) is 0 Å². The van der Waals surface area contributed by atoms with Gasteiger partial charge in [0.2, 0.25) is 11.8 Å². The van der Waals surface area contributed by atoms with Gasteiger partial charge in [-0.3, -0.25) is 9.59 Å². The van der Waals surface area contributed by atoms with Crippen molar-refractivity contribution in [1.29, 1.82) is 0 Å². The highest BCUT2D eigenvalue weighted by atomic mass is 35.5. The lowest BCUT2D eigenvalue weighted by molar-refractivity contribution is -0.142. The molecule has 0 aliphatic rings. The van der Waals surface area contributed by atoms with Gasteiger partial charge in [0.25, 0.3) is 0 Å². The Labute approximate surface area is 165 Å². The van der Waals surface area contributed by atoms with Crippen LogP contribution in [0.25, 0.3) is 0 Å². The molecule has 0 aliphatic carbocycles. The Balaban J connectivity index is 2.14. The zero-order valence-corrected chi connectivity index (χ0v) is 15.7. The van der Waals surface area contributed by atoms with Crippen LogP contribution in [-0.2, 0) is 27.2 Å². The van der Waals surface area contributed by atoms with Crippen molar-refractivity contribution in [3.8, 4) is 0 Å². The fourth-order valence-corrected chi connectivity index (χ4v) is 2.69. The third-order valence-electron chi connectivity index (χ3n) is 3.92. The van der Waals surface area contributed by atoms with Crippen molar-refractivity contribution in [1.82, 2.24) is 15.6 Å². The summed E-state index contributed by atoms with van der Waals surface area (Å²) in [6, 6.07) is 6.57. The maximum Gasteiger partial charge on any atom is 0.326 e. The van der Waals surface area contributed by atoms with Gasteiger partial charge in [0.05, 0.1) is 0 Å². The molecule has 28 heavy (non-hydrogen) atoms. The van der Waals surface area contributed by atoms with Gasteiger partial charge in [0.1, 0.15) is 23.1 Å². The Morgan fingerprint density at radius 3 is 2.39 bits per heavy atom. The molecule has 0 bridgehead atoms. The summed E-state index contributed by atoms with van der Waals surface area (Å²) in [4.78, 5) is 39.5. The van der Waals surface area contributed by atoms with Gasteiger partial charge in [-0.1, -0.05) is 35.9 Å². The molecule has 9 heteroatoms. The van der Waals surface area contributed by atoms with Crippen LogP contribution in [0.15, 0.2) is 42.6 Å². The number of halogens is 2. The van der Waals surface area contributed by atoms with Gasteiger partial charge in [0, 0.05) is 26.0 Å². The van der Waals surface area contributed by atoms with E-state index >= 15 is 0 Å². The summed E-state index contributed by atoms with van der Waals surface area (Å²) in [7, 11) is 0. The molecule has 2 aromatic rings. The maximum absolute atomic E-state index is 13.9. The maximum atomic E-state index is 13.9. The Kier molecular flexibility index (Phi) is 7.45. The smallest absolute Gasteiger partial charge is 0.326 e. The molecule has 0 spiro atoms. The highest BCUT2D eigenvalue weighted by Crippen LogP contribution is 2.11. The highest BCUT2D eigenvalue weighted by Gasteiger charge is 2.27. The van der Waals surface area contributed by atoms with Gasteiger partial charge >= 0.3 is 5.97 Å². The summed E-state index contributed by atoms with van der Waals surface area (Å²) >= 11 is 5.71. The van der Waals surface area contributed by atoms with E-state index in [0.717, 1.165) is 0 Å². The summed E-state index contributed by atoms with van der Waals surface area (Å²) in [6.45, 7) is 1.22. The van der Waals surface area contributed by atoms with Crippen molar-refractivity contribution in [3.05, 3.63) is 64.7 Å². The fraction of sp³-hybridized carbons (Fsp3) is 0.263. The second-order valence-electron chi connectivity index (χ2n) is 6.14. The summed E-state index contributed by atoms with van der Waals surface area (Å²) in [5.74, 6) is -3.00. The zero-order valence-electron chi connectivity index (χ0n) is 15.0. The minimum atomic E-state index is -1.26. The number of aliphatic carboxylic acids is 1. The van der Waals surface area contributed by atoms with Crippen molar-refractivity contribution in [2.45, 2.75) is 31.8 Å². The molecule has 0 fully saturated rings. The van der Waals surface area contributed by atoms with Crippen LogP contribution in [0.2, 0.25) is 5.15 Å². The van der Waals surface area contributed by atoms with Crippen molar-refractivity contribution in [2.24, 2.45) is 0 Å². The molecule has 1 aromatic carbocycles. The molecule has 2 rings (SSSR count). The molecular weight excluding hydrogens is 389 g/mol. The standard InChI is InChI=1S/C19H19ClFN3O4/c1-11(25)23-15(9-13-4-2-3-5-14(13)21)18(26)24-16(19(27)28)8-12-6-7-17(20)22-10-12/h2-7,10,15-16H,8-9H2,1H3,(H,23,25)(H,24,26)(H,27,28)/t15-,16+/m0/s1. The first kappa shape index (κ1) is 21.3. The number of carboxylic acid groups (broad SMARTS) is 1. The van der Waals surface area contributed by atoms with Crippen LogP contribution in [0.1, 0.15) is 18.1 Å². The average molecular weight is 408 g/mol. The lowest BCUT2D eigenvalue weighted by atomic mass is 10.0. The number of carbonyl (C=O) groups is 3. The van der Waals surface area contributed by atoms with Gasteiger partial charge in [-0.25, -0.2) is 14.2 Å². The number of benzene rings is 1. The molecule has 0 saturated carbocycles. The van der Waals surface area contributed by atoms with Gasteiger partial charge < -0.3 is 15.7 Å². The summed E-state index contributed by atoms with van der Waals surface area (Å²) in [6.07, 6.45) is 1.26. The van der Waals surface area contributed by atoms with Crippen LogP contribution >= 0.6 is 11.6 Å². The number of amides is 2. The largest absolute Gasteiger partial charge is 0.480 e. The minimum Gasteiger partial charge on any atom is -0.480 e. The molecule has 3 N–H and O–H groups in total. The lowest BCUT2D eigenvalue weighted by Gasteiger charge is -2.21. The van der Waals surface area contributed by atoms with Gasteiger partial charge in [-0.15, -0.1) is 0 Å². The molecule has 0 radical (unpaired) electrons. The van der Waals surface area contributed by atoms with Crippen LogP contribution in [0.3, 0.4) is 0 Å². The molecule has 2 amide bonds. The van der Waals surface area contributed by atoms with E-state index in [4.69, 9.17) is 11.6 Å². The van der Waals surface area contributed by atoms with Crippen molar-refractivity contribution < 1.29 is 23.9 Å². The van der Waals surface area contributed by atoms with Crippen LogP contribution < -0.4 is 10.6 Å². The third kappa shape index (κ3) is 6.31. The summed E-state index contributed by atoms with van der Waals surface area (Å²) in [5.41, 5.74) is 0.785. The van der Waals surface area contributed by atoms with E-state index in [-0.39, 0.29) is 23.6 Å². The molecule has 2 atom stereocenters. The number of hydrogen-bond donors (Lipinski definition) is 3. The number of carbonyl (C=O) groups excluding carboxylic acids is 2. The van der Waals surface area contributed by atoms with Crippen LogP contribution in [-0.4, -0.2) is 40.0 Å². The minimum absolute atomic E-state index is 0.0300. The van der Waals surface area contributed by atoms with Crippen LogP contribution in [0, 0.1) is 5.82 Å². The number of pyridine rings is 1. The number of nitrogens with zero attached hydrogens (tertiary/aromatic N) is 1. The fourth-order valence-electron chi connectivity index (χ4n) is 2.57. The first-order chi connectivity index (χ1) is 13.3. The normalized spacial score (nSPS) is 12.7. The Hall–Kier alpha value is -3.00. The number of rotatable bonds is 8. The number of carboxylic acids is 1. The first-order valence-corrected chi connectivity index (χ1v) is 8.78. The molecule has 0 unspecified atom stereocenters. The quantitative estimate of drug-likeness (QED) is 0.577. The Morgan fingerprint density at radius 1 is 1.11 bits per heavy atom. The molecule has 1 heterocycles. The molecule has 148 valence electrons. The molecule has 0 saturated heterocycles. The van der Waals surface area contributed by atoms with Crippen LogP contribution in [0.5, 0.6) is 0 Å². The Bertz CT molecular complexity index is 861. The van der Waals surface area contributed by atoms with Crippen molar-refractivity contribution >= 4 is 29.4 Å². The predicted octanol–water partition coefficient (Wildman–Crippen LogP) is 1.73. The Morgan fingerprint density at radius 2 is 1.82 bits per heavy atom. The van der Waals surface area contributed by atoms with Gasteiger partial charge in [-0.05, 0) is 23.3 Å². The van der Waals surface area contributed by atoms with Gasteiger partial charge in [-0.2, -0.15) is 0 Å². The van der Waals surface area contributed by atoms with E-state index in [1.54, 1.807) is 12.1 Å². The summed E-state index contributed by atoms with van der Waals surface area (Å²) < 4.78 is 13.9. The average Bonchev–Trinajstić information content (AvgIpc) is 2.63. The number of hydrogen-bond acceptors (Lipinski definition) is 4. The zero-order chi connectivity index (χ0) is 20.7. The number of nitrogens with one attached hydrogen (secondary N) is 2. The van der Waals surface area contributed by atoms with Crippen molar-refractivity contribution in [2.75, 3.05) is 0 Å². The molecular formula is C19H19ClFN3O4. The van der Waals surface area contributed by atoms with E-state index in [0.29, 0.717) is 5.56 Å². The van der Waals surface area contributed by atoms with Gasteiger partial charge in [0.15, 0.2) is 0 Å². The van der Waals surface area contributed by atoms with E-state index in [9.17, 15) is 23.9 Å². The van der Waals surface area contributed by atoms with E-state index in [1.165, 1.54) is 37.4 Å². The van der Waals surface area contributed by atoms with E-state index < -0.39 is 35.7 Å². The predicted molar refractivity (Wildman–Crippen MR) is 100 cm³/mol. The second-order valence-corrected chi connectivity index (χ2v) is 6.53. The molecule has 0 aliphatic heterocycles. The SMILES string of the molecule is CC(=O)N[C@@H](Cc1ccccc1F)C(=O)N[C@H](Cc1ccc(Cl)nc1)C(=O)O. The number of aromatic nitrogens is 1. The first-order valence-electron chi connectivity index (χ1n) is 8.40. The van der Waals surface area contributed by atoms with Crippen molar-refractivity contribution in [3.63, 3.8) is 0 Å². The highest BCUT2D eigenvalue weighted by molar-refractivity contribution is 6.29. The molecule has 1 aromatic heterocycles. The van der Waals surface area contributed by atoms with E-state index in [2.05, 4.69) is 15.6 Å². The monoisotopic (exact) mass is 407 g/mol. The molecule has 7 nitrogen and oxygen atoms in total. The lowest BCUT2D eigenvalue weighted by Crippen LogP contribution is -2.52. The van der Waals surface area contributed by atoms with Crippen LogP contribution in [0.4, 0.5) is 4.39 Å².